The summed E-state index contributed by atoms with van der Waals surface area (Å²) in [6, 6.07) is -0.592. The molecule has 0 aromatic rings. The molecule has 2 N–H and O–H groups in total. The Balaban J connectivity index is 2.51. The summed E-state index contributed by atoms with van der Waals surface area (Å²) in [6.45, 7) is 1.84. The Kier molecular flexibility index (Phi) is 9.83. The zero-order valence-corrected chi connectivity index (χ0v) is 16.7. The molecule has 1 aliphatic rings. The largest absolute Gasteiger partial charge is 0.352 e. The van der Waals surface area contributed by atoms with E-state index in [-0.39, 0.29) is 17.7 Å². The van der Waals surface area contributed by atoms with Gasteiger partial charge in [0.05, 0.1) is 0 Å². The van der Waals surface area contributed by atoms with E-state index < -0.39 is 27.5 Å². The van der Waals surface area contributed by atoms with Gasteiger partial charge >= 0.3 is 0 Å². The lowest BCUT2D eigenvalue weighted by molar-refractivity contribution is -0.128. The Morgan fingerprint density at radius 2 is 1.73 bits per heavy atom. The summed E-state index contributed by atoms with van der Waals surface area (Å²) in [7, 11) is -3.44. The van der Waals surface area contributed by atoms with Crippen LogP contribution in [0.3, 0.4) is 0 Å². The van der Waals surface area contributed by atoms with Crippen molar-refractivity contribution in [3.05, 3.63) is 0 Å². The minimum absolute atomic E-state index is 0.138. The lowest BCUT2D eigenvalue weighted by Gasteiger charge is -2.21. The van der Waals surface area contributed by atoms with Crippen molar-refractivity contribution in [1.29, 1.82) is 0 Å². The number of carbonyl (C=O) groups excluding carboxylic acids is 3. The molecule has 8 heteroatoms. The maximum Gasteiger partial charge on any atom is 0.242 e. The second-order valence-electron chi connectivity index (χ2n) is 7.17. The number of hydrogen-bond acceptors (Lipinski definition) is 5. The van der Waals surface area contributed by atoms with Crippen LogP contribution in [0.2, 0.25) is 0 Å². The van der Waals surface area contributed by atoms with E-state index >= 15 is 0 Å². The number of rotatable bonds is 12. The zero-order valence-electron chi connectivity index (χ0n) is 15.9. The number of nitrogens with one attached hydrogen (secondary N) is 2. The van der Waals surface area contributed by atoms with Crippen molar-refractivity contribution in [2.24, 2.45) is 0 Å². The molecule has 0 aromatic heterocycles. The summed E-state index contributed by atoms with van der Waals surface area (Å²) in [5, 5.41) is 5.52. The van der Waals surface area contributed by atoms with Crippen LogP contribution in [-0.4, -0.2) is 50.1 Å². The molecule has 2 amide bonds. The van der Waals surface area contributed by atoms with Crippen LogP contribution >= 0.6 is 0 Å². The molecule has 0 bridgehead atoms. The van der Waals surface area contributed by atoms with Gasteiger partial charge in [-0.25, -0.2) is 8.42 Å². The molecule has 1 saturated carbocycles. The fourth-order valence-electron chi connectivity index (χ4n) is 3.14. The topological polar surface area (TPSA) is 109 Å². The standard InChI is InChI=1S/C18H32N2O5S/c1-3-15(21)11-5-4-6-12-16(20-17(22)13-26(2,24)25)18(23)19-14-9-7-8-10-14/h14,16H,3-13H2,1-2H3,(H,19,23)(H,20,22)/t16-/m0/s1. The molecule has 150 valence electrons. The number of sulfone groups is 1. The van der Waals surface area contributed by atoms with Crippen LogP contribution < -0.4 is 10.6 Å². The van der Waals surface area contributed by atoms with E-state index in [9.17, 15) is 22.8 Å². The smallest absolute Gasteiger partial charge is 0.242 e. The zero-order chi connectivity index (χ0) is 19.6. The van der Waals surface area contributed by atoms with E-state index in [1.54, 1.807) is 0 Å². The van der Waals surface area contributed by atoms with Crippen LogP contribution in [0.15, 0.2) is 0 Å². The van der Waals surface area contributed by atoms with Gasteiger partial charge in [-0.15, -0.1) is 0 Å². The van der Waals surface area contributed by atoms with E-state index in [1.165, 1.54) is 0 Å². The molecule has 7 nitrogen and oxygen atoms in total. The molecule has 26 heavy (non-hydrogen) atoms. The highest BCUT2D eigenvalue weighted by molar-refractivity contribution is 7.91. The quantitative estimate of drug-likeness (QED) is 0.493. The number of ketones is 1. The molecule has 1 fully saturated rings. The third-order valence-electron chi connectivity index (χ3n) is 4.59. The lowest BCUT2D eigenvalue weighted by Crippen LogP contribution is -2.50. The predicted octanol–water partition coefficient (Wildman–Crippen LogP) is 1.50. The molecule has 0 saturated heterocycles. The summed E-state index contributed by atoms with van der Waals surface area (Å²) in [4.78, 5) is 35.7. The monoisotopic (exact) mass is 388 g/mol. The normalized spacial score (nSPS) is 16.2. The van der Waals surface area contributed by atoms with Crippen molar-refractivity contribution < 1.29 is 22.8 Å². The number of amides is 2. The van der Waals surface area contributed by atoms with Gasteiger partial charge in [-0.1, -0.05) is 32.6 Å². The Hall–Kier alpha value is -1.44. The molecule has 0 unspecified atom stereocenters. The maximum atomic E-state index is 12.5. The lowest BCUT2D eigenvalue weighted by atomic mass is 10.0. The van der Waals surface area contributed by atoms with Crippen molar-refractivity contribution in [3.8, 4) is 0 Å². The van der Waals surface area contributed by atoms with Crippen molar-refractivity contribution in [2.75, 3.05) is 12.0 Å². The van der Waals surface area contributed by atoms with Crippen LogP contribution in [0.25, 0.3) is 0 Å². The highest BCUT2D eigenvalue weighted by Gasteiger charge is 2.25. The summed E-state index contributed by atoms with van der Waals surface area (Å²) >= 11 is 0. The molecule has 0 aliphatic heterocycles. The van der Waals surface area contributed by atoms with Crippen LogP contribution in [-0.2, 0) is 24.2 Å². The Morgan fingerprint density at radius 1 is 1.08 bits per heavy atom. The van der Waals surface area contributed by atoms with Crippen molar-refractivity contribution in [3.63, 3.8) is 0 Å². The molecular formula is C18H32N2O5S. The van der Waals surface area contributed by atoms with Gasteiger partial charge in [0.15, 0.2) is 9.84 Å². The van der Waals surface area contributed by atoms with Gasteiger partial charge in [-0.05, 0) is 25.7 Å². The summed E-state index contributed by atoms with van der Waals surface area (Å²) in [6.07, 6.45) is 8.80. The molecule has 1 rings (SSSR count). The van der Waals surface area contributed by atoms with Crippen molar-refractivity contribution in [1.82, 2.24) is 10.6 Å². The molecule has 0 spiro atoms. The third-order valence-corrected chi connectivity index (χ3v) is 5.38. The van der Waals surface area contributed by atoms with Gasteiger partial charge in [0.2, 0.25) is 11.8 Å². The highest BCUT2D eigenvalue weighted by atomic mass is 32.2. The van der Waals surface area contributed by atoms with E-state index in [1.807, 2.05) is 6.92 Å². The number of carbonyl (C=O) groups is 3. The number of unbranched alkanes of at least 4 members (excludes halogenated alkanes) is 2. The Labute approximate surface area is 156 Å². The Bertz CT molecular complexity index is 582. The van der Waals surface area contributed by atoms with Gasteiger partial charge in [-0.3, -0.25) is 14.4 Å². The first kappa shape index (κ1) is 22.6. The van der Waals surface area contributed by atoms with Gasteiger partial charge < -0.3 is 10.6 Å². The van der Waals surface area contributed by atoms with E-state index in [2.05, 4.69) is 10.6 Å². The fraction of sp³-hybridized carbons (Fsp3) is 0.833. The number of hydrogen-bond donors (Lipinski definition) is 2. The average Bonchev–Trinajstić information content (AvgIpc) is 3.04. The summed E-state index contributed by atoms with van der Waals surface area (Å²) in [5.41, 5.74) is 0. The van der Waals surface area contributed by atoms with Crippen LogP contribution in [0.1, 0.15) is 71.1 Å². The van der Waals surface area contributed by atoms with Crippen LogP contribution in [0.5, 0.6) is 0 Å². The minimum atomic E-state index is -3.44. The fourth-order valence-corrected chi connectivity index (χ4v) is 3.70. The molecular weight excluding hydrogens is 356 g/mol. The second-order valence-corrected chi connectivity index (χ2v) is 9.31. The predicted molar refractivity (Wildman–Crippen MR) is 100 cm³/mol. The first-order valence-electron chi connectivity index (χ1n) is 9.50. The van der Waals surface area contributed by atoms with Crippen molar-refractivity contribution in [2.45, 2.75) is 83.2 Å². The van der Waals surface area contributed by atoms with Gasteiger partial charge in [0, 0.05) is 25.1 Å². The summed E-state index contributed by atoms with van der Waals surface area (Å²) in [5.74, 6) is -1.30. The molecule has 1 aliphatic carbocycles. The molecule has 0 radical (unpaired) electrons. The van der Waals surface area contributed by atoms with Gasteiger partial charge in [0.25, 0.3) is 0 Å². The third kappa shape index (κ3) is 9.89. The minimum Gasteiger partial charge on any atom is -0.352 e. The first-order valence-corrected chi connectivity index (χ1v) is 11.6. The highest BCUT2D eigenvalue weighted by Crippen LogP contribution is 2.18. The van der Waals surface area contributed by atoms with Crippen LogP contribution in [0.4, 0.5) is 0 Å². The second kappa shape index (κ2) is 11.3. The van der Waals surface area contributed by atoms with Crippen LogP contribution in [0, 0.1) is 0 Å². The SMILES string of the molecule is CCC(=O)CCCCC[C@H](NC(=O)CS(C)(=O)=O)C(=O)NC1CCCC1. The van der Waals surface area contributed by atoms with E-state index in [0.717, 1.165) is 44.8 Å². The maximum absolute atomic E-state index is 12.5. The van der Waals surface area contributed by atoms with E-state index in [0.29, 0.717) is 25.7 Å². The molecule has 0 heterocycles. The number of Topliss-reactive ketones (excluding diaryl/α,β-unsaturated/α-hetero) is 1. The summed E-state index contributed by atoms with van der Waals surface area (Å²) < 4.78 is 22.5. The average molecular weight is 389 g/mol. The van der Waals surface area contributed by atoms with E-state index in [4.69, 9.17) is 0 Å². The Morgan fingerprint density at radius 3 is 2.31 bits per heavy atom. The molecule has 0 aromatic carbocycles. The van der Waals surface area contributed by atoms with Crippen molar-refractivity contribution >= 4 is 27.4 Å². The van der Waals surface area contributed by atoms with Gasteiger partial charge in [0.1, 0.15) is 17.6 Å². The molecule has 1 atom stereocenters. The van der Waals surface area contributed by atoms with Gasteiger partial charge in [-0.2, -0.15) is 0 Å². The first-order chi connectivity index (χ1) is 12.2.